The fraction of sp³-hybridized carbons (Fsp3) is 0.429. The lowest BCUT2D eigenvalue weighted by atomic mass is 10.1. The highest BCUT2D eigenvalue weighted by atomic mass is 32.1. The second-order valence-corrected chi connectivity index (χ2v) is 5.92. The first-order chi connectivity index (χ1) is 10.0. The molecular formula is C14H17FN4OS. The number of nitrogens with two attached hydrogens (primary N) is 1. The third-order valence-electron chi connectivity index (χ3n) is 3.96. The minimum absolute atomic E-state index is 0.0150. The topological polar surface area (TPSA) is 61.6 Å². The molecule has 5 nitrogen and oxygen atoms in total. The van der Waals surface area contributed by atoms with Gasteiger partial charge in [0.2, 0.25) is 0 Å². The fourth-order valence-corrected chi connectivity index (χ4v) is 3.07. The van der Waals surface area contributed by atoms with E-state index >= 15 is 0 Å². The molecule has 0 bridgehead atoms. The van der Waals surface area contributed by atoms with Gasteiger partial charge in [-0.15, -0.1) is 0 Å². The molecule has 0 radical (unpaired) electrons. The first-order valence-electron chi connectivity index (χ1n) is 6.89. The van der Waals surface area contributed by atoms with Gasteiger partial charge in [-0.1, -0.05) is 12.2 Å². The van der Waals surface area contributed by atoms with Gasteiger partial charge in [0, 0.05) is 38.3 Å². The lowest BCUT2D eigenvalue weighted by Crippen LogP contribution is -2.51. The average molecular weight is 308 g/mol. The summed E-state index contributed by atoms with van der Waals surface area (Å²) in [5, 5.41) is 2.85. The molecule has 1 unspecified atom stereocenters. The number of urea groups is 1. The number of thiocarbonyl (C=S) groups is 1. The number of hydrogen-bond acceptors (Lipinski definition) is 3. The van der Waals surface area contributed by atoms with Crippen LogP contribution in [0.5, 0.6) is 0 Å². The Kier molecular flexibility index (Phi) is 3.77. The van der Waals surface area contributed by atoms with E-state index in [-0.39, 0.29) is 22.9 Å². The van der Waals surface area contributed by atoms with Crippen LogP contribution in [0.2, 0.25) is 0 Å². The summed E-state index contributed by atoms with van der Waals surface area (Å²) in [7, 11) is 0. The molecular weight excluding hydrogens is 291 g/mol. The number of halogens is 1. The number of nitrogens with zero attached hydrogens (tertiary/aromatic N) is 2. The Labute approximate surface area is 127 Å². The second kappa shape index (κ2) is 5.57. The van der Waals surface area contributed by atoms with Crippen LogP contribution in [-0.2, 0) is 6.54 Å². The molecule has 2 aliphatic heterocycles. The summed E-state index contributed by atoms with van der Waals surface area (Å²) in [6.07, 6.45) is 0. The highest BCUT2D eigenvalue weighted by Gasteiger charge is 2.35. The normalized spacial score (nSPS) is 22.0. The van der Waals surface area contributed by atoms with Crippen molar-refractivity contribution in [3.05, 3.63) is 35.1 Å². The molecule has 21 heavy (non-hydrogen) atoms. The second-order valence-electron chi connectivity index (χ2n) is 5.48. The van der Waals surface area contributed by atoms with Crippen LogP contribution >= 0.6 is 12.2 Å². The predicted molar refractivity (Wildman–Crippen MR) is 81.5 cm³/mol. The van der Waals surface area contributed by atoms with Gasteiger partial charge in [0.25, 0.3) is 0 Å². The van der Waals surface area contributed by atoms with Crippen LogP contribution in [-0.4, -0.2) is 53.0 Å². The highest BCUT2D eigenvalue weighted by Crippen LogP contribution is 2.18. The van der Waals surface area contributed by atoms with E-state index < -0.39 is 0 Å². The number of piperazine rings is 1. The first kappa shape index (κ1) is 14.2. The molecule has 0 spiro atoms. The summed E-state index contributed by atoms with van der Waals surface area (Å²) in [5.41, 5.74) is 6.97. The number of carbonyl (C=O) groups excluding carboxylic acids is 1. The lowest BCUT2D eigenvalue weighted by molar-refractivity contribution is 0.116. The van der Waals surface area contributed by atoms with Crippen molar-refractivity contribution in [1.29, 1.82) is 0 Å². The molecule has 0 aromatic heterocycles. The van der Waals surface area contributed by atoms with E-state index in [0.717, 1.165) is 18.7 Å². The zero-order valence-corrected chi connectivity index (χ0v) is 12.3. The van der Waals surface area contributed by atoms with Gasteiger partial charge in [-0.3, -0.25) is 4.90 Å². The van der Waals surface area contributed by atoms with E-state index in [2.05, 4.69) is 10.2 Å². The number of nitrogens with one attached hydrogen (secondary N) is 1. The summed E-state index contributed by atoms with van der Waals surface area (Å²) < 4.78 is 13.6. The zero-order chi connectivity index (χ0) is 15.0. The van der Waals surface area contributed by atoms with Gasteiger partial charge in [-0.25, -0.2) is 9.18 Å². The Balaban J connectivity index is 1.70. The van der Waals surface area contributed by atoms with Crippen LogP contribution in [0, 0.1) is 5.82 Å². The standard InChI is InChI=1S/C14H17FN4OS/c15-11-4-9(3-10(5-11)13(16)21)7-18-1-2-19-12(8-18)6-17-14(19)20/h3-5,12H,1-2,6-8H2,(H2,16,21)(H,17,20). The number of benzene rings is 1. The summed E-state index contributed by atoms with van der Waals surface area (Å²) >= 11 is 4.90. The largest absolute Gasteiger partial charge is 0.389 e. The van der Waals surface area contributed by atoms with Crippen LogP contribution in [0.25, 0.3) is 0 Å². The third-order valence-corrected chi connectivity index (χ3v) is 4.20. The molecule has 3 rings (SSSR count). The number of amides is 2. The van der Waals surface area contributed by atoms with Gasteiger partial charge in [-0.2, -0.15) is 0 Å². The first-order valence-corrected chi connectivity index (χ1v) is 7.30. The van der Waals surface area contributed by atoms with Crippen molar-refractivity contribution in [1.82, 2.24) is 15.1 Å². The van der Waals surface area contributed by atoms with E-state index in [9.17, 15) is 9.18 Å². The predicted octanol–water partition coefficient (Wildman–Crippen LogP) is 0.669. The Hall–Kier alpha value is -1.73. The number of hydrogen-bond donors (Lipinski definition) is 2. The Morgan fingerprint density at radius 1 is 1.43 bits per heavy atom. The maximum Gasteiger partial charge on any atom is 0.317 e. The van der Waals surface area contributed by atoms with Gasteiger partial charge >= 0.3 is 6.03 Å². The average Bonchev–Trinajstić information content (AvgIpc) is 2.79. The maximum atomic E-state index is 13.6. The summed E-state index contributed by atoms with van der Waals surface area (Å²) in [6.45, 7) is 3.58. The van der Waals surface area contributed by atoms with E-state index in [1.165, 1.54) is 12.1 Å². The van der Waals surface area contributed by atoms with Crippen LogP contribution in [0.1, 0.15) is 11.1 Å². The van der Waals surface area contributed by atoms with Crippen molar-refractivity contribution in [3.8, 4) is 0 Å². The van der Waals surface area contributed by atoms with Gasteiger partial charge in [-0.05, 0) is 23.8 Å². The molecule has 1 aromatic carbocycles. The molecule has 1 aromatic rings. The highest BCUT2D eigenvalue weighted by molar-refractivity contribution is 7.80. The van der Waals surface area contributed by atoms with Crippen molar-refractivity contribution >= 4 is 23.2 Å². The van der Waals surface area contributed by atoms with E-state index in [0.29, 0.717) is 25.2 Å². The van der Waals surface area contributed by atoms with Crippen molar-refractivity contribution in [2.45, 2.75) is 12.6 Å². The number of carbonyl (C=O) groups is 1. The molecule has 2 fully saturated rings. The van der Waals surface area contributed by atoms with Gasteiger partial charge in [0.05, 0.1) is 6.04 Å². The molecule has 112 valence electrons. The van der Waals surface area contributed by atoms with Crippen LogP contribution in [0.15, 0.2) is 18.2 Å². The van der Waals surface area contributed by atoms with E-state index in [1.807, 2.05) is 11.0 Å². The molecule has 2 heterocycles. The number of fused-ring (bicyclic) bond motifs is 1. The quantitative estimate of drug-likeness (QED) is 0.806. The molecule has 1 atom stereocenters. The van der Waals surface area contributed by atoms with E-state index in [1.54, 1.807) is 0 Å². The van der Waals surface area contributed by atoms with Gasteiger partial charge < -0.3 is 16.0 Å². The maximum absolute atomic E-state index is 13.6. The Morgan fingerprint density at radius 3 is 3.00 bits per heavy atom. The monoisotopic (exact) mass is 308 g/mol. The van der Waals surface area contributed by atoms with Crippen molar-refractivity contribution in [2.75, 3.05) is 26.2 Å². The lowest BCUT2D eigenvalue weighted by Gasteiger charge is -2.36. The molecule has 7 heteroatoms. The smallest absolute Gasteiger partial charge is 0.317 e. The molecule has 3 N–H and O–H groups in total. The number of rotatable bonds is 3. The van der Waals surface area contributed by atoms with Crippen LogP contribution in [0.3, 0.4) is 0 Å². The van der Waals surface area contributed by atoms with Gasteiger partial charge in [0.15, 0.2) is 0 Å². The van der Waals surface area contributed by atoms with Gasteiger partial charge in [0.1, 0.15) is 10.8 Å². The van der Waals surface area contributed by atoms with Crippen LogP contribution < -0.4 is 11.1 Å². The molecule has 0 saturated carbocycles. The zero-order valence-electron chi connectivity index (χ0n) is 11.5. The SMILES string of the molecule is NC(=S)c1cc(F)cc(CN2CCN3C(=O)NCC3C2)c1. The molecule has 2 aliphatic rings. The molecule has 2 amide bonds. The summed E-state index contributed by atoms with van der Waals surface area (Å²) in [5.74, 6) is -0.327. The minimum Gasteiger partial charge on any atom is -0.389 e. The summed E-state index contributed by atoms with van der Waals surface area (Å²) in [6, 6.07) is 4.90. The fourth-order valence-electron chi connectivity index (χ4n) is 2.95. The Bertz CT molecular complexity index is 594. The van der Waals surface area contributed by atoms with E-state index in [4.69, 9.17) is 18.0 Å². The van der Waals surface area contributed by atoms with Crippen LogP contribution in [0.4, 0.5) is 9.18 Å². The summed E-state index contributed by atoms with van der Waals surface area (Å²) in [4.78, 5) is 15.8. The third kappa shape index (κ3) is 2.98. The minimum atomic E-state index is -0.327. The van der Waals surface area contributed by atoms with Crippen molar-refractivity contribution in [2.24, 2.45) is 5.73 Å². The Morgan fingerprint density at radius 2 is 2.24 bits per heavy atom. The van der Waals surface area contributed by atoms with Crippen molar-refractivity contribution < 1.29 is 9.18 Å². The molecule has 2 saturated heterocycles. The molecule has 0 aliphatic carbocycles. The van der Waals surface area contributed by atoms with Crippen molar-refractivity contribution in [3.63, 3.8) is 0 Å².